The van der Waals surface area contributed by atoms with E-state index in [-0.39, 0.29) is 11.9 Å². The van der Waals surface area contributed by atoms with E-state index in [0.29, 0.717) is 11.3 Å². The van der Waals surface area contributed by atoms with Crippen LogP contribution in [0.5, 0.6) is 5.75 Å². The Morgan fingerprint density at radius 3 is 2.89 bits per heavy atom. The number of carbonyl (C=O) groups is 1. The van der Waals surface area contributed by atoms with Crippen LogP contribution in [-0.2, 0) is 11.2 Å². The van der Waals surface area contributed by atoms with Crippen LogP contribution in [0.1, 0.15) is 36.9 Å². The number of aryl methyl sites for hydroxylation is 1. The van der Waals surface area contributed by atoms with Crippen molar-refractivity contribution in [2.75, 3.05) is 0 Å². The summed E-state index contributed by atoms with van der Waals surface area (Å²) in [6.45, 7) is 1.72. The van der Waals surface area contributed by atoms with Gasteiger partial charge in [0, 0.05) is 17.5 Å². The minimum atomic E-state index is -0.660. The van der Waals surface area contributed by atoms with E-state index in [2.05, 4.69) is 17.4 Å². The summed E-state index contributed by atoms with van der Waals surface area (Å²) < 4.78 is 10.9. The molecule has 138 valence electrons. The molecular weight excluding hydrogens is 342 g/mol. The Kier molecular flexibility index (Phi) is 4.67. The molecule has 2 aromatic carbocycles. The maximum Gasteiger partial charge on any atom is 0.336 e. The maximum atomic E-state index is 12.6. The van der Waals surface area contributed by atoms with Crippen LogP contribution in [-0.4, -0.2) is 12.0 Å². The van der Waals surface area contributed by atoms with Gasteiger partial charge in [-0.05, 0) is 55.5 Å². The highest BCUT2D eigenvalue weighted by atomic mass is 16.5. The second-order valence-electron chi connectivity index (χ2n) is 6.87. The van der Waals surface area contributed by atoms with Crippen molar-refractivity contribution >= 4 is 16.9 Å². The Labute approximate surface area is 157 Å². The summed E-state index contributed by atoms with van der Waals surface area (Å²) in [5.74, 6) is 0.329. The summed E-state index contributed by atoms with van der Waals surface area (Å²) in [4.78, 5) is 24.0. The zero-order chi connectivity index (χ0) is 18.8. The number of hydrogen-bond acceptors (Lipinski definition) is 4. The molecule has 0 spiro atoms. The first kappa shape index (κ1) is 17.3. The Morgan fingerprint density at radius 2 is 2.00 bits per heavy atom. The van der Waals surface area contributed by atoms with E-state index in [1.165, 1.54) is 17.2 Å². The van der Waals surface area contributed by atoms with Gasteiger partial charge in [0.1, 0.15) is 11.3 Å². The highest BCUT2D eigenvalue weighted by molar-refractivity contribution is 5.82. The van der Waals surface area contributed by atoms with Crippen molar-refractivity contribution in [2.45, 2.75) is 38.3 Å². The zero-order valence-corrected chi connectivity index (χ0v) is 15.1. The molecule has 0 aliphatic heterocycles. The smallest absolute Gasteiger partial charge is 0.336 e. The largest absolute Gasteiger partial charge is 0.481 e. The number of rotatable bonds is 4. The zero-order valence-electron chi connectivity index (χ0n) is 15.1. The van der Waals surface area contributed by atoms with Crippen molar-refractivity contribution in [2.24, 2.45) is 0 Å². The highest BCUT2D eigenvalue weighted by Gasteiger charge is 2.24. The van der Waals surface area contributed by atoms with Gasteiger partial charge in [0.15, 0.2) is 6.10 Å². The quantitative estimate of drug-likeness (QED) is 0.717. The Balaban J connectivity index is 1.46. The van der Waals surface area contributed by atoms with Gasteiger partial charge in [-0.3, -0.25) is 4.79 Å². The van der Waals surface area contributed by atoms with E-state index in [9.17, 15) is 9.59 Å². The van der Waals surface area contributed by atoms with Gasteiger partial charge < -0.3 is 14.5 Å². The van der Waals surface area contributed by atoms with Crippen LogP contribution in [0.2, 0.25) is 0 Å². The molecule has 1 amide bonds. The third kappa shape index (κ3) is 3.72. The lowest BCUT2D eigenvalue weighted by Gasteiger charge is -2.27. The number of amides is 1. The average molecular weight is 363 g/mol. The summed E-state index contributed by atoms with van der Waals surface area (Å²) in [6.07, 6.45) is 2.38. The number of fused-ring (bicyclic) bond motifs is 2. The lowest BCUT2D eigenvalue weighted by molar-refractivity contribution is -0.128. The van der Waals surface area contributed by atoms with E-state index in [1.807, 2.05) is 12.1 Å². The molecule has 1 aromatic heterocycles. The fourth-order valence-electron chi connectivity index (χ4n) is 3.56. The van der Waals surface area contributed by atoms with E-state index >= 15 is 0 Å². The van der Waals surface area contributed by atoms with Crippen LogP contribution < -0.4 is 15.7 Å². The second-order valence-corrected chi connectivity index (χ2v) is 6.87. The molecule has 5 heteroatoms. The highest BCUT2D eigenvalue weighted by Crippen LogP contribution is 2.29. The first-order valence-corrected chi connectivity index (χ1v) is 9.19. The Bertz CT molecular complexity index is 1040. The molecule has 0 radical (unpaired) electrons. The fourth-order valence-corrected chi connectivity index (χ4v) is 3.56. The predicted octanol–water partition coefficient (Wildman–Crippen LogP) is 3.75. The summed E-state index contributed by atoms with van der Waals surface area (Å²) in [6, 6.07) is 16.5. The average Bonchev–Trinajstić information content (AvgIpc) is 2.68. The summed E-state index contributed by atoms with van der Waals surface area (Å²) >= 11 is 0. The third-order valence-electron chi connectivity index (χ3n) is 4.96. The van der Waals surface area contributed by atoms with Crippen molar-refractivity contribution < 1.29 is 13.9 Å². The minimum absolute atomic E-state index is 0.0168. The van der Waals surface area contributed by atoms with Gasteiger partial charge in [0.2, 0.25) is 0 Å². The summed E-state index contributed by atoms with van der Waals surface area (Å²) in [5.41, 5.74) is 2.51. The Hall–Kier alpha value is -3.08. The van der Waals surface area contributed by atoms with Crippen molar-refractivity contribution in [3.8, 4) is 5.75 Å². The molecule has 27 heavy (non-hydrogen) atoms. The van der Waals surface area contributed by atoms with Gasteiger partial charge in [0.25, 0.3) is 5.91 Å². The molecule has 1 aliphatic rings. The van der Waals surface area contributed by atoms with Gasteiger partial charge >= 0.3 is 5.63 Å². The second kappa shape index (κ2) is 7.27. The summed E-state index contributed by atoms with van der Waals surface area (Å²) in [7, 11) is 0. The molecule has 0 bridgehead atoms. The van der Waals surface area contributed by atoms with Crippen molar-refractivity contribution in [3.63, 3.8) is 0 Å². The SMILES string of the molecule is CC(Oc1ccc2ccc(=O)oc2c1)C(=O)NC1CCCc2ccccc21. The first-order valence-electron chi connectivity index (χ1n) is 9.19. The molecule has 1 heterocycles. The molecule has 1 N–H and O–H groups in total. The van der Waals surface area contributed by atoms with Crippen LogP contribution in [0.3, 0.4) is 0 Å². The lowest BCUT2D eigenvalue weighted by atomic mass is 9.87. The predicted molar refractivity (Wildman–Crippen MR) is 103 cm³/mol. The summed E-state index contributed by atoms with van der Waals surface area (Å²) in [5, 5.41) is 3.91. The first-order chi connectivity index (χ1) is 13.1. The van der Waals surface area contributed by atoms with Crippen molar-refractivity contribution in [3.05, 3.63) is 76.1 Å². The van der Waals surface area contributed by atoms with E-state index in [4.69, 9.17) is 9.15 Å². The van der Waals surface area contributed by atoms with Crippen LogP contribution >= 0.6 is 0 Å². The topological polar surface area (TPSA) is 68.5 Å². The number of carbonyl (C=O) groups excluding carboxylic acids is 1. The number of hydrogen-bond donors (Lipinski definition) is 1. The fraction of sp³-hybridized carbons (Fsp3) is 0.273. The van der Waals surface area contributed by atoms with Gasteiger partial charge in [0.05, 0.1) is 6.04 Å². The number of nitrogens with one attached hydrogen (secondary N) is 1. The Morgan fingerprint density at radius 1 is 1.19 bits per heavy atom. The minimum Gasteiger partial charge on any atom is -0.481 e. The van der Waals surface area contributed by atoms with Gasteiger partial charge in [-0.15, -0.1) is 0 Å². The maximum absolute atomic E-state index is 12.6. The molecule has 0 fully saturated rings. The number of ether oxygens (including phenoxy) is 1. The lowest BCUT2D eigenvalue weighted by Crippen LogP contribution is -2.39. The van der Waals surface area contributed by atoms with E-state index < -0.39 is 11.7 Å². The van der Waals surface area contributed by atoms with E-state index in [0.717, 1.165) is 24.6 Å². The molecule has 5 nitrogen and oxygen atoms in total. The van der Waals surface area contributed by atoms with Gasteiger partial charge in [-0.1, -0.05) is 24.3 Å². The molecule has 3 aromatic rings. The van der Waals surface area contributed by atoms with Crippen molar-refractivity contribution in [1.29, 1.82) is 0 Å². The standard InChI is InChI=1S/C22H21NO4/c1-14(26-17-11-9-16-10-12-21(24)27-20(16)13-17)22(25)23-19-8-4-6-15-5-2-3-7-18(15)19/h2-3,5,7,9-14,19H,4,6,8H2,1H3,(H,23,25). The number of benzene rings is 2. The molecular formula is C22H21NO4. The van der Waals surface area contributed by atoms with Crippen LogP contribution in [0.4, 0.5) is 0 Å². The monoisotopic (exact) mass is 363 g/mol. The van der Waals surface area contributed by atoms with Gasteiger partial charge in [-0.25, -0.2) is 4.79 Å². The van der Waals surface area contributed by atoms with Crippen LogP contribution in [0, 0.1) is 0 Å². The molecule has 1 aliphatic carbocycles. The van der Waals surface area contributed by atoms with Crippen LogP contribution in [0.15, 0.2) is 63.8 Å². The van der Waals surface area contributed by atoms with Crippen molar-refractivity contribution in [1.82, 2.24) is 5.32 Å². The molecule has 2 unspecified atom stereocenters. The molecule has 0 saturated carbocycles. The van der Waals surface area contributed by atoms with Gasteiger partial charge in [-0.2, -0.15) is 0 Å². The third-order valence-corrected chi connectivity index (χ3v) is 4.96. The molecule has 0 saturated heterocycles. The van der Waals surface area contributed by atoms with E-state index in [1.54, 1.807) is 31.2 Å². The van der Waals surface area contributed by atoms with Crippen LogP contribution in [0.25, 0.3) is 11.0 Å². The molecule has 2 atom stereocenters. The normalized spacial score (nSPS) is 17.1. The molecule has 4 rings (SSSR count).